The Labute approximate surface area is 97.1 Å². The van der Waals surface area contributed by atoms with E-state index in [1.54, 1.807) is 12.4 Å². The highest BCUT2D eigenvalue weighted by atomic mass is 15.2. The molecule has 2 rings (SSSR count). The van der Waals surface area contributed by atoms with Crippen LogP contribution in [0.1, 0.15) is 18.5 Å². The molecule has 4 nitrogen and oxygen atoms in total. The minimum Gasteiger partial charge on any atom is -0.358 e. The third-order valence-electron chi connectivity index (χ3n) is 3.21. The van der Waals surface area contributed by atoms with E-state index in [9.17, 15) is 0 Å². The SMILES string of the molecule is Cc1nccnc1N(C)CC1CCNCC1. The molecule has 0 radical (unpaired) electrons. The molecule has 1 aromatic heterocycles. The Hall–Kier alpha value is -1.16. The van der Waals surface area contributed by atoms with E-state index < -0.39 is 0 Å². The fraction of sp³-hybridized carbons (Fsp3) is 0.667. The van der Waals surface area contributed by atoms with Gasteiger partial charge in [-0.15, -0.1) is 0 Å². The van der Waals surface area contributed by atoms with Gasteiger partial charge in [0.05, 0.1) is 5.69 Å². The van der Waals surface area contributed by atoms with Crippen molar-refractivity contribution in [3.05, 3.63) is 18.1 Å². The highest BCUT2D eigenvalue weighted by Gasteiger charge is 2.16. The Kier molecular flexibility index (Phi) is 3.72. The van der Waals surface area contributed by atoms with Crippen molar-refractivity contribution in [3.8, 4) is 0 Å². The monoisotopic (exact) mass is 220 g/mol. The maximum atomic E-state index is 4.39. The van der Waals surface area contributed by atoms with Crippen molar-refractivity contribution >= 4 is 5.82 Å². The third-order valence-corrected chi connectivity index (χ3v) is 3.21. The second kappa shape index (κ2) is 5.25. The molecule has 0 aromatic carbocycles. The lowest BCUT2D eigenvalue weighted by molar-refractivity contribution is 0.377. The van der Waals surface area contributed by atoms with Crippen LogP contribution in [0.3, 0.4) is 0 Å². The Morgan fingerprint density at radius 1 is 1.31 bits per heavy atom. The molecule has 1 aliphatic heterocycles. The normalized spacial score (nSPS) is 17.4. The van der Waals surface area contributed by atoms with E-state index in [1.165, 1.54) is 12.8 Å². The van der Waals surface area contributed by atoms with E-state index in [2.05, 4.69) is 27.2 Å². The standard InChI is InChI=1S/C12H20N4/c1-10-12(15-8-7-14-10)16(2)9-11-3-5-13-6-4-11/h7-8,11,13H,3-6,9H2,1-2H3. The summed E-state index contributed by atoms with van der Waals surface area (Å²) in [6.07, 6.45) is 6.05. The lowest BCUT2D eigenvalue weighted by atomic mass is 9.98. The van der Waals surface area contributed by atoms with Crippen molar-refractivity contribution in [2.75, 3.05) is 31.6 Å². The number of aryl methyl sites for hydroxylation is 1. The Balaban J connectivity index is 1.96. The van der Waals surface area contributed by atoms with Crippen LogP contribution in [0.25, 0.3) is 0 Å². The zero-order valence-electron chi connectivity index (χ0n) is 10.1. The molecule has 1 saturated heterocycles. The molecule has 0 aliphatic carbocycles. The summed E-state index contributed by atoms with van der Waals surface area (Å²) in [5.74, 6) is 1.80. The smallest absolute Gasteiger partial charge is 0.149 e. The second-order valence-corrected chi connectivity index (χ2v) is 4.54. The lowest BCUT2D eigenvalue weighted by Gasteiger charge is -2.28. The zero-order chi connectivity index (χ0) is 11.4. The van der Waals surface area contributed by atoms with Gasteiger partial charge in [0.15, 0.2) is 0 Å². The summed E-state index contributed by atoms with van der Waals surface area (Å²) in [4.78, 5) is 10.9. The van der Waals surface area contributed by atoms with Gasteiger partial charge >= 0.3 is 0 Å². The summed E-state index contributed by atoms with van der Waals surface area (Å²) < 4.78 is 0. The van der Waals surface area contributed by atoms with Crippen molar-refractivity contribution in [1.29, 1.82) is 0 Å². The molecule has 1 aliphatic rings. The van der Waals surface area contributed by atoms with E-state index in [0.29, 0.717) is 0 Å². The number of rotatable bonds is 3. The molecular weight excluding hydrogens is 200 g/mol. The van der Waals surface area contributed by atoms with E-state index in [4.69, 9.17) is 0 Å². The molecule has 1 aromatic rings. The van der Waals surface area contributed by atoms with Crippen molar-refractivity contribution in [2.45, 2.75) is 19.8 Å². The first-order valence-corrected chi connectivity index (χ1v) is 5.97. The van der Waals surface area contributed by atoms with Crippen LogP contribution in [0.5, 0.6) is 0 Å². The van der Waals surface area contributed by atoms with Crippen LogP contribution in [-0.4, -0.2) is 36.6 Å². The molecule has 4 heteroatoms. The maximum absolute atomic E-state index is 4.39. The summed E-state index contributed by atoms with van der Waals surface area (Å²) in [7, 11) is 2.11. The summed E-state index contributed by atoms with van der Waals surface area (Å²) >= 11 is 0. The molecule has 0 bridgehead atoms. The predicted molar refractivity (Wildman–Crippen MR) is 65.6 cm³/mol. The quantitative estimate of drug-likeness (QED) is 0.831. The fourth-order valence-corrected chi connectivity index (χ4v) is 2.31. The minimum absolute atomic E-state index is 0.785. The van der Waals surface area contributed by atoms with Crippen LogP contribution in [0.15, 0.2) is 12.4 Å². The Bertz CT molecular complexity index is 334. The number of nitrogens with one attached hydrogen (secondary N) is 1. The summed E-state index contributed by atoms with van der Waals surface area (Å²) in [5, 5.41) is 3.39. The number of aromatic nitrogens is 2. The van der Waals surface area contributed by atoms with Crippen LogP contribution in [-0.2, 0) is 0 Å². The van der Waals surface area contributed by atoms with Gasteiger partial charge in [-0.05, 0) is 38.8 Å². The summed E-state index contributed by atoms with van der Waals surface area (Å²) in [6.45, 7) is 5.40. The first kappa shape index (κ1) is 11.3. The minimum atomic E-state index is 0.785. The topological polar surface area (TPSA) is 41.1 Å². The van der Waals surface area contributed by atoms with Crippen LogP contribution in [0.2, 0.25) is 0 Å². The van der Waals surface area contributed by atoms with Crippen LogP contribution in [0.4, 0.5) is 5.82 Å². The molecule has 0 spiro atoms. The molecule has 0 unspecified atom stereocenters. The van der Waals surface area contributed by atoms with Crippen LogP contribution in [0, 0.1) is 12.8 Å². The van der Waals surface area contributed by atoms with Gasteiger partial charge in [0.2, 0.25) is 0 Å². The van der Waals surface area contributed by atoms with Crippen molar-refractivity contribution in [2.24, 2.45) is 5.92 Å². The average Bonchev–Trinajstić information content (AvgIpc) is 2.31. The fourth-order valence-electron chi connectivity index (χ4n) is 2.31. The van der Waals surface area contributed by atoms with Crippen molar-refractivity contribution in [3.63, 3.8) is 0 Å². The summed E-state index contributed by atoms with van der Waals surface area (Å²) in [6, 6.07) is 0. The highest BCUT2D eigenvalue weighted by molar-refractivity contribution is 5.41. The second-order valence-electron chi connectivity index (χ2n) is 4.54. The van der Waals surface area contributed by atoms with Gasteiger partial charge in [0.25, 0.3) is 0 Å². The highest BCUT2D eigenvalue weighted by Crippen LogP contribution is 2.18. The molecule has 88 valence electrons. The molecule has 1 fully saturated rings. The van der Waals surface area contributed by atoms with Crippen molar-refractivity contribution in [1.82, 2.24) is 15.3 Å². The molecule has 0 saturated carbocycles. The van der Waals surface area contributed by atoms with Crippen molar-refractivity contribution < 1.29 is 0 Å². The van der Waals surface area contributed by atoms with Gasteiger partial charge < -0.3 is 10.2 Å². The molecular formula is C12H20N4. The predicted octanol–water partition coefficient (Wildman–Crippen LogP) is 1.22. The third kappa shape index (κ3) is 2.70. The molecule has 0 atom stereocenters. The number of piperidine rings is 1. The zero-order valence-corrected chi connectivity index (χ0v) is 10.1. The Morgan fingerprint density at radius 3 is 2.69 bits per heavy atom. The molecule has 1 N–H and O–H groups in total. The van der Waals surface area contributed by atoms with E-state index in [-0.39, 0.29) is 0 Å². The first-order valence-electron chi connectivity index (χ1n) is 5.97. The van der Waals surface area contributed by atoms with E-state index in [1.807, 2.05) is 6.92 Å². The molecule has 16 heavy (non-hydrogen) atoms. The van der Waals surface area contributed by atoms with Gasteiger partial charge in [0.1, 0.15) is 5.82 Å². The number of nitrogens with zero attached hydrogens (tertiary/aromatic N) is 3. The summed E-state index contributed by atoms with van der Waals surface area (Å²) in [5.41, 5.74) is 1.01. The van der Waals surface area contributed by atoms with Gasteiger partial charge in [-0.25, -0.2) is 4.98 Å². The Morgan fingerprint density at radius 2 is 2.00 bits per heavy atom. The molecule has 2 heterocycles. The largest absolute Gasteiger partial charge is 0.358 e. The van der Waals surface area contributed by atoms with E-state index in [0.717, 1.165) is 37.1 Å². The van der Waals surface area contributed by atoms with Gasteiger partial charge in [-0.1, -0.05) is 0 Å². The number of hydrogen-bond donors (Lipinski definition) is 1. The average molecular weight is 220 g/mol. The van der Waals surface area contributed by atoms with Crippen LogP contribution >= 0.6 is 0 Å². The van der Waals surface area contributed by atoms with E-state index >= 15 is 0 Å². The van der Waals surface area contributed by atoms with Gasteiger partial charge in [-0.2, -0.15) is 0 Å². The van der Waals surface area contributed by atoms with Gasteiger partial charge in [-0.3, -0.25) is 4.98 Å². The van der Waals surface area contributed by atoms with Crippen LogP contribution < -0.4 is 10.2 Å². The molecule has 0 amide bonds. The maximum Gasteiger partial charge on any atom is 0.149 e. The number of anilines is 1. The number of hydrogen-bond acceptors (Lipinski definition) is 4. The first-order chi connectivity index (χ1) is 7.77. The lowest BCUT2D eigenvalue weighted by Crippen LogP contribution is -2.35. The van der Waals surface area contributed by atoms with Gasteiger partial charge in [0, 0.05) is 26.0 Å².